The second kappa shape index (κ2) is 4.37. The first-order valence-electron chi connectivity index (χ1n) is 2.41. The molecule has 0 spiro atoms. The average molecular weight is 114 g/mol. The van der Waals surface area contributed by atoms with Gasteiger partial charge in [-0.2, -0.15) is 0 Å². The summed E-state index contributed by atoms with van der Waals surface area (Å²) in [4.78, 5) is 9.86. The van der Waals surface area contributed by atoms with Gasteiger partial charge in [-0.15, -0.1) is 0 Å². The van der Waals surface area contributed by atoms with Gasteiger partial charge in [0.05, 0.1) is 0 Å². The number of hydrogen-bond acceptors (Lipinski definition) is 3. The molecule has 0 bridgehead atoms. The number of rotatable bonds is 3. The van der Waals surface area contributed by atoms with Gasteiger partial charge >= 0.3 is 0 Å². The molecule has 0 aromatic rings. The maximum atomic E-state index is 9.86. The molecular formula is C5H10N2O. The van der Waals surface area contributed by atoms with Crippen LogP contribution >= 0.6 is 0 Å². The number of nitrogens with one attached hydrogen (secondary N) is 2. The smallest absolute Gasteiger partial charge is 0.146 e. The van der Waals surface area contributed by atoms with Crippen LogP contribution < -0.4 is 10.6 Å². The van der Waals surface area contributed by atoms with Crippen LogP contribution in [0, 0.1) is 0 Å². The van der Waals surface area contributed by atoms with Crippen LogP contribution in [0.1, 0.15) is 0 Å². The van der Waals surface area contributed by atoms with Gasteiger partial charge in [-0.25, -0.2) is 4.79 Å². The fraction of sp³-hybridized carbons (Fsp3) is 0.600. The van der Waals surface area contributed by atoms with E-state index in [4.69, 9.17) is 0 Å². The van der Waals surface area contributed by atoms with Gasteiger partial charge in [0.2, 0.25) is 0 Å². The Morgan fingerprint density at radius 3 is 2.38 bits per heavy atom. The molecule has 0 unspecified atom stereocenters. The van der Waals surface area contributed by atoms with Crippen molar-refractivity contribution in [3.63, 3.8) is 0 Å². The zero-order chi connectivity index (χ0) is 6.41. The molecule has 0 atom stereocenters. The SMILES string of the molecule is CNCC(=C=O)NC. The Bertz CT molecular complexity index is 105. The van der Waals surface area contributed by atoms with Crippen molar-refractivity contribution in [2.75, 3.05) is 20.6 Å². The lowest BCUT2D eigenvalue weighted by Crippen LogP contribution is -2.19. The minimum atomic E-state index is 0.549. The minimum Gasteiger partial charge on any atom is -0.381 e. The van der Waals surface area contributed by atoms with E-state index in [2.05, 4.69) is 10.6 Å². The van der Waals surface area contributed by atoms with Crippen molar-refractivity contribution < 1.29 is 4.79 Å². The summed E-state index contributed by atoms with van der Waals surface area (Å²) in [5.41, 5.74) is 0.549. The topological polar surface area (TPSA) is 41.1 Å². The first-order chi connectivity index (χ1) is 3.85. The van der Waals surface area contributed by atoms with Crippen LogP contribution in [-0.2, 0) is 4.79 Å². The Hall–Kier alpha value is -0.790. The number of carbonyl (C=O) groups excluding carboxylic acids is 1. The van der Waals surface area contributed by atoms with Gasteiger partial charge in [-0.3, -0.25) is 0 Å². The molecule has 0 rings (SSSR count). The van der Waals surface area contributed by atoms with E-state index in [1.807, 2.05) is 0 Å². The van der Waals surface area contributed by atoms with E-state index in [1.54, 1.807) is 20.0 Å². The standard InChI is InChI=1S/C5H10N2O/c1-6-3-5(4-8)7-2/h6-7H,3H2,1-2H3. The molecule has 8 heavy (non-hydrogen) atoms. The van der Waals surface area contributed by atoms with Crippen molar-refractivity contribution in [1.29, 1.82) is 0 Å². The van der Waals surface area contributed by atoms with Gasteiger partial charge in [0, 0.05) is 13.6 Å². The maximum absolute atomic E-state index is 9.86. The highest BCUT2D eigenvalue weighted by atomic mass is 16.1. The lowest BCUT2D eigenvalue weighted by Gasteiger charge is -1.97. The Morgan fingerprint density at radius 1 is 1.62 bits per heavy atom. The summed E-state index contributed by atoms with van der Waals surface area (Å²) in [7, 11) is 3.46. The molecule has 0 fully saturated rings. The van der Waals surface area contributed by atoms with Crippen molar-refractivity contribution in [2.45, 2.75) is 0 Å². The minimum absolute atomic E-state index is 0.549. The highest BCUT2D eigenvalue weighted by Crippen LogP contribution is 1.71. The molecule has 0 aromatic heterocycles. The summed E-state index contributed by atoms with van der Waals surface area (Å²) < 4.78 is 0. The van der Waals surface area contributed by atoms with Crippen molar-refractivity contribution in [2.24, 2.45) is 0 Å². The predicted molar refractivity (Wildman–Crippen MR) is 32.2 cm³/mol. The largest absolute Gasteiger partial charge is 0.381 e. The maximum Gasteiger partial charge on any atom is 0.146 e. The zero-order valence-corrected chi connectivity index (χ0v) is 5.12. The molecule has 0 aliphatic carbocycles. The Balaban J connectivity index is 3.55. The Labute approximate surface area is 48.8 Å². The van der Waals surface area contributed by atoms with Crippen LogP contribution in [0.25, 0.3) is 0 Å². The van der Waals surface area contributed by atoms with Crippen LogP contribution in [0.15, 0.2) is 5.70 Å². The van der Waals surface area contributed by atoms with E-state index in [-0.39, 0.29) is 0 Å². The van der Waals surface area contributed by atoms with Gasteiger partial charge in [0.25, 0.3) is 0 Å². The molecule has 0 radical (unpaired) electrons. The summed E-state index contributed by atoms with van der Waals surface area (Å²) in [6.45, 7) is 0.556. The van der Waals surface area contributed by atoms with E-state index >= 15 is 0 Å². The molecule has 46 valence electrons. The average Bonchev–Trinajstić information content (AvgIpc) is 1.83. The van der Waals surface area contributed by atoms with Crippen LogP contribution in [0.5, 0.6) is 0 Å². The summed E-state index contributed by atoms with van der Waals surface area (Å²) in [6.07, 6.45) is 0. The van der Waals surface area contributed by atoms with Gasteiger partial charge in [-0.05, 0) is 7.05 Å². The third-order valence-corrected chi connectivity index (χ3v) is 0.779. The normalized spacial score (nSPS) is 7.75. The Morgan fingerprint density at radius 2 is 2.25 bits per heavy atom. The Kier molecular flexibility index (Phi) is 3.94. The quantitative estimate of drug-likeness (QED) is 0.469. The van der Waals surface area contributed by atoms with Gasteiger partial charge in [0.15, 0.2) is 0 Å². The van der Waals surface area contributed by atoms with E-state index in [1.165, 1.54) is 0 Å². The predicted octanol–water partition coefficient (Wildman–Crippen LogP) is -0.859. The lowest BCUT2D eigenvalue weighted by molar-refractivity contribution is 0.564. The molecule has 0 aliphatic heterocycles. The molecule has 3 heteroatoms. The summed E-state index contributed by atoms with van der Waals surface area (Å²) in [5, 5.41) is 5.49. The number of likely N-dealkylation sites (N-methyl/N-ethyl adjacent to an activating group) is 2. The van der Waals surface area contributed by atoms with E-state index in [0.717, 1.165) is 0 Å². The monoisotopic (exact) mass is 114 g/mol. The molecule has 0 saturated carbocycles. The third kappa shape index (κ3) is 2.39. The molecule has 3 nitrogen and oxygen atoms in total. The highest BCUT2D eigenvalue weighted by molar-refractivity contribution is 5.51. The second-order valence-corrected chi connectivity index (χ2v) is 1.36. The third-order valence-electron chi connectivity index (χ3n) is 0.779. The molecule has 0 aliphatic rings. The van der Waals surface area contributed by atoms with Crippen molar-refractivity contribution in [3.8, 4) is 0 Å². The summed E-state index contributed by atoms with van der Waals surface area (Å²) in [6, 6.07) is 0. The first-order valence-corrected chi connectivity index (χ1v) is 2.41. The molecule has 0 aromatic carbocycles. The summed E-state index contributed by atoms with van der Waals surface area (Å²) in [5.74, 6) is 1.75. The summed E-state index contributed by atoms with van der Waals surface area (Å²) >= 11 is 0. The van der Waals surface area contributed by atoms with E-state index in [0.29, 0.717) is 12.2 Å². The molecule has 0 amide bonds. The molecular weight excluding hydrogens is 104 g/mol. The number of hydrogen-bond donors (Lipinski definition) is 2. The van der Waals surface area contributed by atoms with Gasteiger partial charge in [0.1, 0.15) is 11.6 Å². The van der Waals surface area contributed by atoms with Crippen molar-refractivity contribution in [3.05, 3.63) is 5.70 Å². The van der Waals surface area contributed by atoms with Crippen LogP contribution in [-0.4, -0.2) is 26.6 Å². The van der Waals surface area contributed by atoms with Crippen molar-refractivity contribution in [1.82, 2.24) is 10.6 Å². The molecule has 0 saturated heterocycles. The van der Waals surface area contributed by atoms with Gasteiger partial charge in [-0.1, -0.05) is 0 Å². The van der Waals surface area contributed by atoms with E-state index in [9.17, 15) is 4.79 Å². The van der Waals surface area contributed by atoms with Crippen LogP contribution in [0.3, 0.4) is 0 Å². The molecule has 0 heterocycles. The molecule has 2 N–H and O–H groups in total. The van der Waals surface area contributed by atoms with Crippen molar-refractivity contribution >= 4 is 5.94 Å². The first kappa shape index (κ1) is 7.21. The lowest BCUT2D eigenvalue weighted by atomic mass is 10.5. The fourth-order valence-electron chi connectivity index (χ4n) is 0.352. The zero-order valence-electron chi connectivity index (χ0n) is 5.12. The van der Waals surface area contributed by atoms with Crippen LogP contribution in [0.2, 0.25) is 0 Å². The van der Waals surface area contributed by atoms with Crippen LogP contribution in [0.4, 0.5) is 0 Å². The highest BCUT2D eigenvalue weighted by Gasteiger charge is 1.87. The van der Waals surface area contributed by atoms with Gasteiger partial charge < -0.3 is 10.6 Å². The fourth-order valence-corrected chi connectivity index (χ4v) is 0.352. The second-order valence-electron chi connectivity index (χ2n) is 1.36. The van der Waals surface area contributed by atoms with E-state index < -0.39 is 0 Å².